The Kier molecular flexibility index (Phi) is 4.88. The van der Waals surface area contributed by atoms with Crippen LogP contribution >= 0.6 is 0 Å². The summed E-state index contributed by atoms with van der Waals surface area (Å²) in [6.07, 6.45) is 6.75. The summed E-state index contributed by atoms with van der Waals surface area (Å²) in [7, 11) is 0. The molecule has 8 nitrogen and oxygen atoms in total. The van der Waals surface area contributed by atoms with E-state index in [0.29, 0.717) is 28.9 Å². The Morgan fingerprint density at radius 2 is 2.13 bits per heavy atom. The van der Waals surface area contributed by atoms with Crippen molar-refractivity contribution in [1.29, 1.82) is 0 Å². The molecule has 0 unspecified atom stereocenters. The molecule has 8 heteroatoms. The molecule has 1 aliphatic carbocycles. The van der Waals surface area contributed by atoms with E-state index in [2.05, 4.69) is 32.5 Å². The molecular weight excluding hydrogens is 380 g/mol. The van der Waals surface area contributed by atoms with E-state index in [0.717, 1.165) is 49.2 Å². The molecule has 0 aromatic carbocycles. The first kappa shape index (κ1) is 19.0. The highest BCUT2D eigenvalue weighted by atomic mass is 16.3. The number of piperidine rings is 1. The quantitative estimate of drug-likeness (QED) is 0.441. The van der Waals surface area contributed by atoms with Crippen molar-refractivity contribution in [2.45, 2.75) is 38.1 Å². The fourth-order valence-corrected chi connectivity index (χ4v) is 4.25. The summed E-state index contributed by atoms with van der Waals surface area (Å²) < 4.78 is 5.86. The van der Waals surface area contributed by atoms with Crippen LogP contribution in [0.15, 0.2) is 41.1 Å². The third-order valence-corrected chi connectivity index (χ3v) is 5.90. The molecule has 5 rings (SSSR count). The number of fused-ring (bicyclic) bond motifs is 1. The highest BCUT2D eigenvalue weighted by molar-refractivity contribution is 6.05. The summed E-state index contributed by atoms with van der Waals surface area (Å²) in [5.41, 5.74) is 5.31. The van der Waals surface area contributed by atoms with Gasteiger partial charge in [-0.25, -0.2) is 4.98 Å². The lowest BCUT2D eigenvalue weighted by Gasteiger charge is -2.38. The van der Waals surface area contributed by atoms with Gasteiger partial charge in [-0.2, -0.15) is 0 Å². The number of carbonyl (C=O) groups is 1. The monoisotopic (exact) mass is 406 g/mol. The zero-order valence-electron chi connectivity index (χ0n) is 17.0. The maximum Gasteiger partial charge on any atom is 0.274 e. The van der Waals surface area contributed by atoms with Crippen molar-refractivity contribution >= 4 is 28.4 Å². The van der Waals surface area contributed by atoms with E-state index in [9.17, 15) is 4.79 Å². The standard InChI is InChI=1S/C22H26N6O2/c1-13-8-16(27-23)12-28(11-13)19-6-7-24-10-18(19)25-21(29)17-5-4-15-9-20(14-2-3-14)30-22(15)26-17/h4-7,9-10,13-14,16,27H,2-3,8,11-12,23H2,1H3,(H,25,29)/t13-,16+/m1/s1. The van der Waals surface area contributed by atoms with Gasteiger partial charge in [0, 0.05) is 36.6 Å². The number of pyridine rings is 2. The lowest BCUT2D eigenvalue weighted by molar-refractivity contribution is 0.102. The molecule has 0 spiro atoms. The number of hydrazine groups is 1. The molecule has 1 saturated heterocycles. The van der Waals surface area contributed by atoms with Gasteiger partial charge in [0.2, 0.25) is 5.71 Å². The lowest BCUT2D eigenvalue weighted by Crippen LogP contribution is -2.51. The van der Waals surface area contributed by atoms with E-state index in [1.165, 1.54) is 0 Å². The van der Waals surface area contributed by atoms with Crippen molar-refractivity contribution in [3.8, 4) is 0 Å². The van der Waals surface area contributed by atoms with Crippen molar-refractivity contribution in [2.75, 3.05) is 23.3 Å². The normalized spacial score (nSPS) is 21.7. The van der Waals surface area contributed by atoms with Gasteiger partial charge in [-0.15, -0.1) is 0 Å². The number of furan rings is 1. The number of amides is 1. The predicted molar refractivity (Wildman–Crippen MR) is 115 cm³/mol. The molecule has 1 amide bonds. The first-order valence-corrected chi connectivity index (χ1v) is 10.5. The van der Waals surface area contributed by atoms with Crippen molar-refractivity contribution in [1.82, 2.24) is 15.4 Å². The number of carbonyl (C=O) groups excluding carboxylic acids is 1. The first-order chi connectivity index (χ1) is 14.6. The molecule has 0 bridgehead atoms. The Bertz CT molecular complexity index is 1080. The molecule has 1 saturated carbocycles. The van der Waals surface area contributed by atoms with Gasteiger partial charge < -0.3 is 14.6 Å². The molecule has 2 atom stereocenters. The number of rotatable bonds is 5. The summed E-state index contributed by atoms with van der Waals surface area (Å²) in [5.74, 6) is 7.37. The molecule has 1 aliphatic heterocycles. The third-order valence-electron chi connectivity index (χ3n) is 5.90. The molecule has 3 aromatic heterocycles. The summed E-state index contributed by atoms with van der Waals surface area (Å²) >= 11 is 0. The largest absolute Gasteiger partial charge is 0.442 e. The van der Waals surface area contributed by atoms with Gasteiger partial charge in [-0.05, 0) is 49.4 Å². The van der Waals surface area contributed by atoms with Crippen LogP contribution in [-0.2, 0) is 0 Å². The van der Waals surface area contributed by atoms with E-state index in [4.69, 9.17) is 10.3 Å². The summed E-state index contributed by atoms with van der Waals surface area (Å²) in [4.78, 5) is 23.8. The molecule has 4 heterocycles. The average molecular weight is 406 g/mol. The van der Waals surface area contributed by atoms with E-state index in [1.807, 2.05) is 18.2 Å². The van der Waals surface area contributed by atoms with Crippen LogP contribution in [0.3, 0.4) is 0 Å². The van der Waals surface area contributed by atoms with E-state index >= 15 is 0 Å². The maximum atomic E-state index is 12.9. The van der Waals surface area contributed by atoms with Crippen molar-refractivity contribution in [3.63, 3.8) is 0 Å². The molecule has 3 aromatic rings. The molecule has 2 fully saturated rings. The van der Waals surface area contributed by atoms with Gasteiger partial charge in [0.25, 0.3) is 5.91 Å². The van der Waals surface area contributed by atoms with E-state index in [-0.39, 0.29) is 11.9 Å². The molecular formula is C22H26N6O2. The van der Waals surface area contributed by atoms with Crippen LogP contribution in [0.2, 0.25) is 0 Å². The maximum absolute atomic E-state index is 12.9. The highest BCUT2D eigenvalue weighted by Crippen LogP contribution is 2.42. The molecule has 0 radical (unpaired) electrons. The van der Waals surface area contributed by atoms with Crippen molar-refractivity contribution in [2.24, 2.45) is 11.8 Å². The first-order valence-electron chi connectivity index (χ1n) is 10.5. The van der Waals surface area contributed by atoms with Crippen LogP contribution in [0.1, 0.15) is 48.4 Å². The Labute approximate surface area is 174 Å². The molecule has 4 N–H and O–H groups in total. The third kappa shape index (κ3) is 3.76. The topological polar surface area (TPSA) is 109 Å². The Balaban J connectivity index is 1.38. The number of aromatic nitrogens is 2. The summed E-state index contributed by atoms with van der Waals surface area (Å²) in [5, 5.41) is 3.91. The smallest absolute Gasteiger partial charge is 0.274 e. The SMILES string of the molecule is C[C@@H]1C[C@H](NN)CN(c2ccncc2NC(=O)c2ccc3cc(C4CC4)oc3n2)C1. The van der Waals surface area contributed by atoms with Crippen LogP contribution in [0.25, 0.3) is 11.1 Å². The minimum atomic E-state index is -0.283. The second kappa shape index (κ2) is 7.70. The fourth-order valence-electron chi connectivity index (χ4n) is 4.25. The van der Waals surface area contributed by atoms with E-state index < -0.39 is 0 Å². The minimum absolute atomic E-state index is 0.203. The zero-order chi connectivity index (χ0) is 20.7. The predicted octanol–water partition coefficient (Wildman–Crippen LogP) is 3.03. The van der Waals surface area contributed by atoms with Gasteiger partial charge >= 0.3 is 0 Å². The van der Waals surface area contributed by atoms with Crippen LogP contribution in [0.4, 0.5) is 11.4 Å². The van der Waals surface area contributed by atoms with Crippen molar-refractivity contribution in [3.05, 3.63) is 48.1 Å². The van der Waals surface area contributed by atoms with Gasteiger partial charge in [0.05, 0.1) is 17.6 Å². The van der Waals surface area contributed by atoms with Crippen LogP contribution in [-0.4, -0.2) is 35.0 Å². The number of nitrogens with two attached hydrogens (primary N) is 1. The fraction of sp³-hybridized carbons (Fsp3) is 0.409. The summed E-state index contributed by atoms with van der Waals surface area (Å²) in [6.45, 7) is 3.87. The van der Waals surface area contributed by atoms with Crippen LogP contribution < -0.4 is 21.5 Å². The van der Waals surface area contributed by atoms with Gasteiger partial charge in [0.15, 0.2) is 0 Å². The second-order valence-electron chi connectivity index (χ2n) is 8.47. The van der Waals surface area contributed by atoms with Crippen molar-refractivity contribution < 1.29 is 9.21 Å². The minimum Gasteiger partial charge on any atom is -0.442 e. The number of anilines is 2. The highest BCUT2D eigenvalue weighted by Gasteiger charge is 2.28. The Morgan fingerprint density at radius 1 is 1.27 bits per heavy atom. The van der Waals surface area contributed by atoms with Gasteiger partial charge in [0.1, 0.15) is 11.5 Å². The Hall–Kier alpha value is -2.97. The zero-order valence-corrected chi connectivity index (χ0v) is 17.0. The van der Waals surface area contributed by atoms with Crippen LogP contribution in [0.5, 0.6) is 0 Å². The van der Waals surface area contributed by atoms with Crippen LogP contribution in [0, 0.1) is 5.92 Å². The molecule has 156 valence electrons. The Morgan fingerprint density at radius 3 is 2.93 bits per heavy atom. The van der Waals surface area contributed by atoms with Gasteiger partial charge in [-0.1, -0.05) is 6.92 Å². The molecule has 2 aliphatic rings. The second-order valence-corrected chi connectivity index (χ2v) is 8.47. The summed E-state index contributed by atoms with van der Waals surface area (Å²) in [6, 6.07) is 7.78. The number of hydrogen-bond acceptors (Lipinski definition) is 7. The van der Waals surface area contributed by atoms with Gasteiger partial charge in [-0.3, -0.25) is 21.0 Å². The van der Waals surface area contributed by atoms with E-state index in [1.54, 1.807) is 18.5 Å². The number of hydrogen-bond donors (Lipinski definition) is 3. The number of nitrogens with zero attached hydrogens (tertiary/aromatic N) is 3. The number of nitrogens with one attached hydrogen (secondary N) is 2. The molecule has 30 heavy (non-hydrogen) atoms. The lowest BCUT2D eigenvalue weighted by atomic mass is 9.96. The average Bonchev–Trinajstić information content (AvgIpc) is 3.52.